The van der Waals surface area contributed by atoms with Gasteiger partial charge in [0.15, 0.2) is 5.76 Å². The van der Waals surface area contributed by atoms with Crippen LogP contribution in [0.1, 0.15) is 51.3 Å². The average Bonchev–Trinajstić information content (AvgIpc) is 3.23. The highest BCUT2D eigenvalue weighted by Crippen LogP contribution is 2.21. The zero-order valence-corrected chi connectivity index (χ0v) is 14.7. The molecule has 7 nitrogen and oxygen atoms in total. The van der Waals surface area contributed by atoms with Crippen LogP contribution in [0.5, 0.6) is 0 Å². The van der Waals surface area contributed by atoms with E-state index in [2.05, 4.69) is 20.5 Å². The van der Waals surface area contributed by atoms with Crippen LogP contribution in [0.25, 0.3) is 11.6 Å². The van der Waals surface area contributed by atoms with Gasteiger partial charge in [0, 0.05) is 13.0 Å². The van der Waals surface area contributed by atoms with E-state index in [1.165, 1.54) is 25.7 Å². The van der Waals surface area contributed by atoms with E-state index in [1.54, 1.807) is 18.4 Å². The molecule has 0 saturated heterocycles. The third-order valence-electron chi connectivity index (χ3n) is 4.50. The van der Waals surface area contributed by atoms with Crippen LogP contribution in [-0.4, -0.2) is 39.8 Å². The summed E-state index contributed by atoms with van der Waals surface area (Å²) in [7, 11) is 0. The zero-order valence-electron chi connectivity index (χ0n) is 14.7. The molecule has 1 atom stereocenters. The molecular formula is C18H26N4O3. The molecule has 1 amide bonds. The van der Waals surface area contributed by atoms with Gasteiger partial charge in [0.05, 0.1) is 12.4 Å². The number of ether oxygens (including phenoxy) is 1. The lowest BCUT2D eigenvalue weighted by atomic mass is 10.1. The van der Waals surface area contributed by atoms with Crippen molar-refractivity contribution >= 4 is 5.91 Å². The minimum absolute atomic E-state index is 0.0741. The molecule has 0 radical (unpaired) electrons. The first-order valence-electron chi connectivity index (χ1n) is 9.10. The first-order valence-corrected chi connectivity index (χ1v) is 9.10. The molecule has 2 heterocycles. The summed E-state index contributed by atoms with van der Waals surface area (Å²) in [5.74, 6) is 1.78. The molecule has 0 bridgehead atoms. The molecule has 2 aromatic heterocycles. The number of H-pyrrole nitrogens is 1. The van der Waals surface area contributed by atoms with Gasteiger partial charge in [-0.25, -0.2) is 4.98 Å². The summed E-state index contributed by atoms with van der Waals surface area (Å²) in [6.07, 6.45) is 9.03. The maximum absolute atomic E-state index is 12.2. The van der Waals surface area contributed by atoms with Gasteiger partial charge >= 0.3 is 0 Å². The maximum Gasteiger partial charge on any atom is 0.248 e. The average molecular weight is 346 g/mol. The van der Waals surface area contributed by atoms with Crippen LogP contribution in [0.15, 0.2) is 22.8 Å². The smallest absolute Gasteiger partial charge is 0.248 e. The minimum Gasteiger partial charge on any atom is -0.461 e. The first kappa shape index (κ1) is 17.7. The quantitative estimate of drug-likeness (QED) is 0.752. The van der Waals surface area contributed by atoms with Gasteiger partial charge in [-0.05, 0) is 31.9 Å². The summed E-state index contributed by atoms with van der Waals surface area (Å²) in [5.41, 5.74) is 0. The third-order valence-corrected chi connectivity index (χ3v) is 4.50. The van der Waals surface area contributed by atoms with E-state index in [4.69, 9.17) is 9.15 Å². The number of nitrogens with one attached hydrogen (secondary N) is 2. The van der Waals surface area contributed by atoms with Gasteiger partial charge in [-0.3, -0.25) is 9.89 Å². The molecule has 7 heteroatoms. The van der Waals surface area contributed by atoms with Crippen LogP contribution in [-0.2, 0) is 16.0 Å². The van der Waals surface area contributed by atoms with Gasteiger partial charge in [0.1, 0.15) is 11.9 Å². The van der Waals surface area contributed by atoms with E-state index >= 15 is 0 Å². The topological polar surface area (TPSA) is 93.0 Å². The minimum atomic E-state index is -0.420. The first-order chi connectivity index (χ1) is 12.2. The molecule has 0 unspecified atom stereocenters. The van der Waals surface area contributed by atoms with Gasteiger partial charge in [-0.1, -0.05) is 25.7 Å². The van der Waals surface area contributed by atoms with Crippen LogP contribution >= 0.6 is 0 Å². The van der Waals surface area contributed by atoms with Crippen LogP contribution in [0.2, 0.25) is 0 Å². The molecule has 1 aliphatic rings. The molecule has 1 aliphatic carbocycles. The number of carbonyl (C=O) groups excluding carboxylic acids is 1. The van der Waals surface area contributed by atoms with Gasteiger partial charge in [-0.2, -0.15) is 5.10 Å². The molecule has 2 aromatic rings. The highest BCUT2D eigenvalue weighted by atomic mass is 16.5. The number of hydrogen-bond acceptors (Lipinski definition) is 5. The summed E-state index contributed by atoms with van der Waals surface area (Å²) in [6, 6.07) is 3.60. The van der Waals surface area contributed by atoms with Crippen molar-refractivity contribution in [2.45, 2.75) is 64.1 Å². The predicted molar refractivity (Wildman–Crippen MR) is 92.8 cm³/mol. The van der Waals surface area contributed by atoms with E-state index in [9.17, 15) is 4.79 Å². The fraction of sp³-hybridized carbons (Fsp3) is 0.611. The highest BCUT2D eigenvalue weighted by Gasteiger charge is 2.20. The third kappa shape index (κ3) is 5.16. The zero-order chi connectivity index (χ0) is 17.5. The van der Waals surface area contributed by atoms with Gasteiger partial charge in [0.2, 0.25) is 11.7 Å². The molecule has 2 N–H and O–H groups in total. The Balaban J connectivity index is 1.40. The lowest BCUT2D eigenvalue weighted by molar-refractivity contribution is -0.135. The second-order valence-corrected chi connectivity index (χ2v) is 6.52. The van der Waals surface area contributed by atoms with E-state index in [-0.39, 0.29) is 12.0 Å². The number of rotatable bonds is 7. The fourth-order valence-corrected chi connectivity index (χ4v) is 3.10. The van der Waals surface area contributed by atoms with Crippen molar-refractivity contribution in [2.24, 2.45) is 0 Å². The van der Waals surface area contributed by atoms with Crippen LogP contribution in [0, 0.1) is 0 Å². The molecule has 3 rings (SSSR count). The van der Waals surface area contributed by atoms with E-state index in [0.717, 1.165) is 12.8 Å². The summed E-state index contributed by atoms with van der Waals surface area (Å²) >= 11 is 0. The fourth-order valence-electron chi connectivity index (χ4n) is 3.10. The Labute approximate surface area is 147 Å². The number of furan rings is 1. The summed E-state index contributed by atoms with van der Waals surface area (Å²) in [4.78, 5) is 16.5. The number of aromatic amines is 1. The lowest BCUT2D eigenvalue weighted by Gasteiger charge is -2.20. The highest BCUT2D eigenvalue weighted by molar-refractivity contribution is 5.80. The molecule has 0 aliphatic heterocycles. The Bertz CT molecular complexity index is 645. The van der Waals surface area contributed by atoms with Crippen LogP contribution in [0.3, 0.4) is 0 Å². The molecule has 0 spiro atoms. The Morgan fingerprint density at radius 3 is 2.92 bits per heavy atom. The number of nitrogens with zero attached hydrogens (tertiary/aromatic N) is 2. The Kier molecular flexibility index (Phi) is 6.22. The number of carbonyl (C=O) groups is 1. The van der Waals surface area contributed by atoms with Gasteiger partial charge < -0.3 is 14.5 Å². The van der Waals surface area contributed by atoms with E-state index in [1.807, 2.05) is 6.92 Å². The Hall–Kier alpha value is -2.15. The molecular weight excluding hydrogens is 320 g/mol. The monoisotopic (exact) mass is 346 g/mol. The predicted octanol–water partition coefficient (Wildman–Crippen LogP) is 2.85. The van der Waals surface area contributed by atoms with E-state index in [0.29, 0.717) is 30.4 Å². The Morgan fingerprint density at radius 1 is 1.40 bits per heavy atom. The largest absolute Gasteiger partial charge is 0.461 e. The standard InChI is InChI=1S/C18H26N4O3/c1-13(25-14-7-4-2-3-5-8-14)18(23)19-11-10-16-20-17(22-21-16)15-9-6-12-24-15/h6,9,12-14H,2-5,7-8,10-11H2,1H3,(H,19,23)(H,20,21,22)/t13-/m0/s1. The van der Waals surface area contributed by atoms with Crippen molar-refractivity contribution in [3.05, 3.63) is 24.2 Å². The van der Waals surface area contributed by atoms with Gasteiger partial charge in [0.25, 0.3) is 0 Å². The second kappa shape index (κ2) is 8.80. The molecule has 1 fully saturated rings. The summed E-state index contributed by atoms with van der Waals surface area (Å²) in [5, 5.41) is 9.88. The summed E-state index contributed by atoms with van der Waals surface area (Å²) < 4.78 is 11.2. The van der Waals surface area contributed by atoms with Crippen molar-refractivity contribution in [3.63, 3.8) is 0 Å². The van der Waals surface area contributed by atoms with Crippen molar-refractivity contribution < 1.29 is 13.9 Å². The number of aromatic nitrogens is 3. The summed E-state index contributed by atoms with van der Waals surface area (Å²) in [6.45, 7) is 2.31. The molecule has 136 valence electrons. The van der Waals surface area contributed by atoms with Crippen molar-refractivity contribution in [1.82, 2.24) is 20.5 Å². The van der Waals surface area contributed by atoms with Crippen molar-refractivity contribution in [3.8, 4) is 11.6 Å². The van der Waals surface area contributed by atoms with Crippen molar-refractivity contribution in [2.75, 3.05) is 6.54 Å². The molecule has 25 heavy (non-hydrogen) atoms. The molecule has 1 saturated carbocycles. The normalized spacial score (nSPS) is 17.2. The molecule has 0 aromatic carbocycles. The van der Waals surface area contributed by atoms with Gasteiger partial charge in [-0.15, -0.1) is 0 Å². The number of amides is 1. The number of hydrogen-bond donors (Lipinski definition) is 2. The van der Waals surface area contributed by atoms with Crippen LogP contribution < -0.4 is 5.32 Å². The van der Waals surface area contributed by atoms with E-state index < -0.39 is 6.10 Å². The Morgan fingerprint density at radius 2 is 2.20 bits per heavy atom. The van der Waals surface area contributed by atoms with Crippen molar-refractivity contribution in [1.29, 1.82) is 0 Å². The second-order valence-electron chi connectivity index (χ2n) is 6.52. The lowest BCUT2D eigenvalue weighted by Crippen LogP contribution is -2.37. The van der Waals surface area contributed by atoms with Crippen LogP contribution in [0.4, 0.5) is 0 Å². The maximum atomic E-state index is 12.2. The SMILES string of the molecule is C[C@H](OC1CCCCCC1)C(=O)NCCc1nc(-c2ccco2)n[nH]1.